The summed E-state index contributed by atoms with van der Waals surface area (Å²) in [7, 11) is 1.63. The molecular formula is C27H30ClN5O6. The van der Waals surface area contributed by atoms with Crippen molar-refractivity contribution in [2.75, 3.05) is 25.5 Å². The highest BCUT2D eigenvalue weighted by molar-refractivity contribution is 6.31. The number of amides is 6. The van der Waals surface area contributed by atoms with Gasteiger partial charge in [0.2, 0.25) is 17.7 Å². The molecule has 1 fully saturated rings. The molecule has 2 heterocycles. The van der Waals surface area contributed by atoms with Gasteiger partial charge in [-0.2, -0.15) is 0 Å². The van der Waals surface area contributed by atoms with Crippen molar-refractivity contribution in [3.63, 3.8) is 0 Å². The summed E-state index contributed by atoms with van der Waals surface area (Å²) in [5.41, 5.74) is 3.47. The second kappa shape index (κ2) is 12.3. The van der Waals surface area contributed by atoms with Crippen LogP contribution < -0.4 is 16.0 Å². The SMILES string of the molecule is CN(CCCc1ccc(NC(=O)NCc2ccc3c(c2)CN(C2CCC(=O)NC2=O)C3=O)cc1Cl)C(=O)CO. The number of nitrogens with one attached hydrogen (secondary N) is 3. The van der Waals surface area contributed by atoms with E-state index in [0.717, 1.165) is 16.7 Å². The second-order valence-corrected chi connectivity index (χ2v) is 9.99. The Hall–Kier alpha value is -3.96. The van der Waals surface area contributed by atoms with E-state index in [1.54, 1.807) is 31.3 Å². The number of imide groups is 1. The first-order valence-electron chi connectivity index (χ1n) is 12.6. The number of piperidine rings is 1. The zero-order chi connectivity index (χ0) is 28.1. The summed E-state index contributed by atoms with van der Waals surface area (Å²) in [5.74, 6) is -1.37. The molecular weight excluding hydrogens is 526 g/mol. The van der Waals surface area contributed by atoms with Crippen LogP contribution in [0.3, 0.4) is 0 Å². The third-order valence-electron chi connectivity index (χ3n) is 6.85. The number of halogens is 1. The number of fused-ring (bicyclic) bond motifs is 1. The maximum absolute atomic E-state index is 12.8. The molecule has 1 unspecified atom stereocenters. The quantitative estimate of drug-likeness (QED) is 0.347. The Morgan fingerprint density at radius 1 is 1.18 bits per heavy atom. The van der Waals surface area contributed by atoms with Gasteiger partial charge in [0.25, 0.3) is 5.91 Å². The van der Waals surface area contributed by atoms with Crippen LogP contribution in [0.15, 0.2) is 36.4 Å². The van der Waals surface area contributed by atoms with E-state index in [-0.39, 0.29) is 37.2 Å². The maximum atomic E-state index is 12.8. The number of carbonyl (C=O) groups excluding carboxylic acids is 5. The Kier molecular flexibility index (Phi) is 8.82. The Morgan fingerprint density at radius 3 is 2.69 bits per heavy atom. The standard InChI is InChI=1S/C27H30ClN5O6/c1-32(24(36)15-34)10-2-3-17-5-6-19(12-21(17)28)30-27(39)29-13-16-4-7-20-18(11-16)14-33(26(20)38)22-8-9-23(35)31-25(22)37/h4-7,11-12,22,34H,2-3,8-10,13-15H2,1H3,(H2,29,30,39)(H,31,35,37). The molecule has 1 saturated heterocycles. The third-order valence-corrected chi connectivity index (χ3v) is 7.20. The lowest BCUT2D eigenvalue weighted by Crippen LogP contribution is -2.52. The smallest absolute Gasteiger partial charge is 0.319 e. The van der Waals surface area contributed by atoms with E-state index < -0.39 is 24.6 Å². The monoisotopic (exact) mass is 555 g/mol. The number of rotatable bonds is 9. The van der Waals surface area contributed by atoms with E-state index in [2.05, 4.69) is 16.0 Å². The first-order valence-corrected chi connectivity index (χ1v) is 13.0. The molecule has 2 aromatic carbocycles. The molecule has 0 bridgehead atoms. The van der Waals surface area contributed by atoms with E-state index in [1.807, 2.05) is 12.1 Å². The maximum Gasteiger partial charge on any atom is 0.319 e. The molecule has 2 aliphatic rings. The van der Waals surface area contributed by atoms with Crippen LogP contribution in [-0.4, -0.2) is 70.8 Å². The van der Waals surface area contributed by atoms with Gasteiger partial charge in [0, 0.05) is 49.4 Å². The first-order chi connectivity index (χ1) is 18.7. The molecule has 2 aliphatic heterocycles. The average Bonchev–Trinajstić information content (AvgIpc) is 3.23. The highest BCUT2D eigenvalue weighted by Gasteiger charge is 2.39. The van der Waals surface area contributed by atoms with E-state index in [9.17, 15) is 24.0 Å². The van der Waals surface area contributed by atoms with Crippen LogP contribution >= 0.6 is 11.6 Å². The van der Waals surface area contributed by atoms with Crippen molar-refractivity contribution in [3.8, 4) is 0 Å². The highest BCUT2D eigenvalue weighted by Crippen LogP contribution is 2.28. The van der Waals surface area contributed by atoms with Crippen molar-refractivity contribution in [3.05, 3.63) is 63.7 Å². The molecule has 2 aromatic rings. The Bertz CT molecular complexity index is 1320. The number of aliphatic hydroxyl groups excluding tert-OH is 1. The van der Waals surface area contributed by atoms with Gasteiger partial charge in [-0.25, -0.2) is 4.79 Å². The van der Waals surface area contributed by atoms with Crippen molar-refractivity contribution in [2.24, 2.45) is 0 Å². The Balaban J connectivity index is 1.27. The van der Waals surface area contributed by atoms with Crippen molar-refractivity contribution < 1.29 is 29.1 Å². The molecule has 12 heteroatoms. The number of aliphatic hydroxyl groups is 1. The van der Waals surface area contributed by atoms with Gasteiger partial charge < -0.3 is 25.5 Å². The number of benzene rings is 2. The molecule has 0 aromatic heterocycles. The molecule has 6 amide bonds. The Morgan fingerprint density at radius 2 is 1.97 bits per heavy atom. The molecule has 4 rings (SSSR count). The van der Waals surface area contributed by atoms with Gasteiger partial charge in [0.1, 0.15) is 12.6 Å². The molecule has 1 atom stereocenters. The summed E-state index contributed by atoms with van der Waals surface area (Å²) < 4.78 is 0. The number of urea groups is 1. The van der Waals surface area contributed by atoms with Crippen LogP contribution in [0.1, 0.15) is 46.3 Å². The molecule has 4 N–H and O–H groups in total. The highest BCUT2D eigenvalue weighted by atomic mass is 35.5. The fourth-order valence-electron chi connectivity index (χ4n) is 4.68. The average molecular weight is 556 g/mol. The topological polar surface area (TPSA) is 148 Å². The number of likely N-dealkylation sites (N-methyl/N-ethyl adjacent to an activating group) is 1. The molecule has 11 nitrogen and oxygen atoms in total. The van der Waals surface area contributed by atoms with Crippen LogP contribution in [0.5, 0.6) is 0 Å². The number of hydrogen-bond donors (Lipinski definition) is 4. The number of hydrogen-bond acceptors (Lipinski definition) is 6. The van der Waals surface area contributed by atoms with Crippen LogP contribution in [0, 0.1) is 0 Å². The molecule has 0 spiro atoms. The fourth-order valence-corrected chi connectivity index (χ4v) is 4.95. The first kappa shape index (κ1) is 28.1. The summed E-state index contributed by atoms with van der Waals surface area (Å²) in [5, 5.41) is 17.2. The van der Waals surface area contributed by atoms with Crippen molar-refractivity contribution in [1.29, 1.82) is 0 Å². The summed E-state index contributed by atoms with van der Waals surface area (Å²) >= 11 is 6.38. The minimum Gasteiger partial charge on any atom is -0.387 e. The summed E-state index contributed by atoms with van der Waals surface area (Å²) in [6.45, 7) is 0.454. The van der Waals surface area contributed by atoms with Gasteiger partial charge in [0.05, 0.1) is 0 Å². The van der Waals surface area contributed by atoms with Crippen LogP contribution in [-0.2, 0) is 33.9 Å². The minimum atomic E-state index is -0.676. The van der Waals surface area contributed by atoms with Gasteiger partial charge in [-0.3, -0.25) is 24.5 Å². The van der Waals surface area contributed by atoms with Crippen LogP contribution in [0.4, 0.5) is 10.5 Å². The van der Waals surface area contributed by atoms with E-state index >= 15 is 0 Å². The van der Waals surface area contributed by atoms with Crippen LogP contribution in [0.2, 0.25) is 5.02 Å². The lowest BCUT2D eigenvalue weighted by molar-refractivity contribution is -0.137. The third kappa shape index (κ3) is 6.73. The lowest BCUT2D eigenvalue weighted by atomic mass is 10.0. The van der Waals surface area contributed by atoms with Crippen molar-refractivity contribution in [2.45, 2.75) is 44.8 Å². The summed E-state index contributed by atoms with van der Waals surface area (Å²) in [6, 6.07) is 9.39. The fraction of sp³-hybridized carbons (Fsp3) is 0.370. The predicted octanol–water partition coefficient (Wildman–Crippen LogP) is 1.81. The van der Waals surface area contributed by atoms with E-state index in [1.165, 1.54) is 9.80 Å². The number of anilines is 1. The molecule has 206 valence electrons. The number of nitrogens with zero attached hydrogens (tertiary/aromatic N) is 2. The van der Waals surface area contributed by atoms with Gasteiger partial charge >= 0.3 is 6.03 Å². The van der Waals surface area contributed by atoms with Gasteiger partial charge in [-0.15, -0.1) is 0 Å². The Labute approximate surface area is 230 Å². The van der Waals surface area contributed by atoms with Gasteiger partial charge in [-0.05, 0) is 54.2 Å². The molecule has 0 saturated carbocycles. The van der Waals surface area contributed by atoms with E-state index in [4.69, 9.17) is 16.7 Å². The summed E-state index contributed by atoms with van der Waals surface area (Å²) in [6.07, 6.45) is 1.80. The molecule has 0 radical (unpaired) electrons. The largest absolute Gasteiger partial charge is 0.387 e. The zero-order valence-corrected chi connectivity index (χ0v) is 22.2. The summed E-state index contributed by atoms with van der Waals surface area (Å²) in [4.78, 5) is 63.3. The number of carbonyl (C=O) groups is 5. The van der Waals surface area contributed by atoms with Crippen LogP contribution in [0.25, 0.3) is 0 Å². The van der Waals surface area contributed by atoms with Crippen molar-refractivity contribution in [1.82, 2.24) is 20.4 Å². The van der Waals surface area contributed by atoms with Gasteiger partial charge in [-0.1, -0.05) is 29.8 Å². The van der Waals surface area contributed by atoms with E-state index in [0.29, 0.717) is 42.1 Å². The normalized spacial score (nSPS) is 16.5. The minimum absolute atomic E-state index is 0.194. The molecule has 0 aliphatic carbocycles. The lowest BCUT2D eigenvalue weighted by Gasteiger charge is -2.29. The zero-order valence-electron chi connectivity index (χ0n) is 21.5. The number of aryl methyl sites for hydroxylation is 1. The van der Waals surface area contributed by atoms with Gasteiger partial charge in [0.15, 0.2) is 0 Å². The van der Waals surface area contributed by atoms with Crippen molar-refractivity contribution >= 4 is 46.9 Å². The predicted molar refractivity (Wildman–Crippen MR) is 143 cm³/mol. The second-order valence-electron chi connectivity index (χ2n) is 9.58. The molecule has 39 heavy (non-hydrogen) atoms.